The number of aliphatic hydroxyl groups is 1. The summed E-state index contributed by atoms with van der Waals surface area (Å²) < 4.78 is 0. The Morgan fingerprint density at radius 2 is 0.682 bits per heavy atom. The number of hydrogen-bond donors (Lipinski definition) is 13. The first-order valence-corrected chi connectivity index (χ1v) is 4.43. The molecule has 19 heteroatoms. The first kappa shape index (κ1) is 37.9. The average molecular weight is 327 g/mol. The summed E-state index contributed by atoms with van der Waals surface area (Å²) in [5.41, 5.74) is 0. The molecular formula is C3H17B4LiO14. The van der Waals surface area contributed by atoms with Crippen molar-refractivity contribution in [3.8, 4) is 0 Å². The largest absolute Gasteiger partial charge is 1.00 e. The Morgan fingerprint density at radius 1 is 0.636 bits per heavy atom. The van der Waals surface area contributed by atoms with E-state index in [4.69, 9.17) is 70.2 Å². The molecule has 0 aromatic heterocycles. The van der Waals surface area contributed by atoms with E-state index in [-0.39, 0.29) is 18.9 Å². The molecule has 1 unspecified atom stereocenters. The van der Waals surface area contributed by atoms with E-state index < -0.39 is 35.4 Å². The Kier molecular flexibility index (Phi) is 56.5. The standard InChI is InChI=1S/C3H5O2.4BH3O3.Li/c1-3(5)2-4;4*2-1(3)4;/h3,5H,1H3;4*2-4H;/q-1;;;;;+1. The van der Waals surface area contributed by atoms with E-state index in [0.717, 1.165) is 0 Å². The second-order valence-corrected chi connectivity index (χ2v) is 2.18. The maximum atomic E-state index is 9.13. The van der Waals surface area contributed by atoms with Crippen LogP contribution in [0.4, 0.5) is 0 Å². The third-order valence-corrected chi connectivity index (χ3v) is 0.171. The maximum absolute atomic E-state index is 9.13. The van der Waals surface area contributed by atoms with E-state index in [2.05, 4.69) is 0 Å². The van der Waals surface area contributed by atoms with Crippen molar-refractivity contribution in [2.24, 2.45) is 0 Å². The molecular weight excluding hydrogens is 310 g/mol. The van der Waals surface area contributed by atoms with Crippen LogP contribution < -0.4 is 18.9 Å². The molecule has 0 bridgehead atoms. The molecule has 126 valence electrons. The van der Waals surface area contributed by atoms with Crippen molar-refractivity contribution in [2.45, 2.75) is 13.0 Å². The van der Waals surface area contributed by atoms with Gasteiger partial charge in [0.2, 0.25) is 0 Å². The van der Waals surface area contributed by atoms with Crippen LogP contribution in [0.15, 0.2) is 0 Å². The van der Waals surface area contributed by atoms with Gasteiger partial charge in [0, 0.05) is 0 Å². The summed E-state index contributed by atoms with van der Waals surface area (Å²) >= 11 is 0. The van der Waals surface area contributed by atoms with Gasteiger partial charge in [0.25, 0.3) is 0 Å². The molecule has 0 radical (unpaired) electrons. The fourth-order valence-electron chi connectivity index (χ4n) is 0. The Labute approximate surface area is 138 Å². The molecule has 22 heavy (non-hydrogen) atoms. The summed E-state index contributed by atoms with van der Waals surface area (Å²) in [5.74, 6) is 0. The molecule has 0 aliphatic carbocycles. The zero-order valence-electron chi connectivity index (χ0n) is 11.6. The van der Waals surface area contributed by atoms with Crippen LogP contribution in [0.25, 0.3) is 0 Å². The van der Waals surface area contributed by atoms with Crippen LogP contribution in [0.3, 0.4) is 0 Å². The van der Waals surface area contributed by atoms with Crippen molar-refractivity contribution >= 4 is 35.6 Å². The van der Waals surface area contributed by atoms with Gasteiger partial charge < -0.3 is 70.2 Å². The quantitative estimate of drug-likeness (QED) is 0.157. The third-order valence-electron chi connectivity index (χ3n) is 0.171. The molecule has 1 atom stereocenters. The van der Waals surface area contributed by atoms with Crippen LogP contribution in [0.1, 0.15) is 6.92 Å². The van der Waals surface area contributed by atoms with Crippen LogP contribution in [-0.2, 0) is 4.79 Å². The first-order valence-electron chi connectivity index (χ1n) is 4.43. The van der Waals surface area contributed by atoms with Crippen molar-refractivity contribution < 1.29 is 89.0 Å². The smallest absolute Gasteiger partial charge is 0.539 e. The molecule has 0 heterocycles. The van der Waals surface area contributed by atoms with Crippen molar-refractivity contribution in [1.82, 2.24) is 0 Å². The van der Waals surface area contributed by atoms with E-state index >= 15 is 0 Å². The minimum atomic E-state index is -2.17. The van der Waals surface area contributed by atoms with Crippen molar-refractivity contribution in [3.63, 3.8) is 0 Å². The number of aliphatic hydroxyl groups excluding tert-OH is 1. The molecule has 0 rings (SSSR count). The molecule has 0 aromatic carbocycles. The van der Waals surface area contributed by atoms with Gasteiger partial charge in [0.15, 0.2) is 0 Å². The Hall–Kier alpha value is 0.00714. The Balaban J connectivity index is -0.0000000361. The molecule has 13 N–H and O–H groups in total. The zero-order chi connectivity index (χ0) is 18.6. The molecule has 0 saturated carbocycles. The molecule has 0 fully saturated rings. The summed E-state index contributed by atoms with van der Waals surface area (Å²) in [7, 11) is -8.67. The van der Waals surface area contributed by atoms with Gasteiger partial charge in [-0.2, -0.15) is 0 Å². The van der Waals surface area contributed by atoms with Crippen LogP contribution in [-0.4, -0.2) is 107 Å². The molecule has 0 spiro atoms. The fourth-order valence-corrected chi connectivity index (χ4v) is 0. The van der Waals surface area contributed by atoms with Gasteiger partial charge in [-0.1, -0.05) is 6.92 Å². The fraction of sp³-hybridized carbons (Fsp3) is 0.667. The first-order chi connectivity index (χ1) is 9.20. The molecule has 0 saturated heterocycles. The second-order valence-electron chi connectivity index (χ2n) is 2.18. The maximum Gasteiger partial charge on any atom is 1.00 e. The Bertz CT molecular complexity index is 135. The van der Waals surface area contributed by atoms with Crippen LogP contribution >= 0.6 is 0 Å². The second kappa shape index (κ2) is 32.8. The summed E-state index contributed by atoms with van der Waals surface area (Å²) in [5, 5.41) is 93.9. The van der Waals surface area contributed by atoms with Crippen LogP contribution in [0.2, 0.25) is 0 Å². The van der Waals surface area contributed by atoms with E-state index in [1.165, 1.54) is 13.2 Å². The molecule has 0 amide bonds. The van der Waals surface area contributed by atoms with Gasteiger partial charge in [-0.3, -0.25) is 0 Å². The third kappa shape index (κ3) is 1790. The monoisotopic (exact) mass is 328 g/mol. The van der Waals surface area contributed by atoms with Crippen LogP contribution in [0.5, 0.6) is 0 Å². The van der Waals surface area contributed by atoms with Gasteiger partial charge in [-0.05, 0) is 6.10 Å². The minimum absolute atomic E-state index is 0. The van der Waals surface area contributed by atoms with E-state index in [1.54, 1.807) is 0 Å². The number of hydrogen-bond acceptors (Lipinski definition) is 14. The Morgan fingerprint density at radius 3 is 0.682 bits per heavy atom. The van der Waals surface area contributed by atoms with E-state index in [9.17, 15) is 0 Å². The van der Waals surface area contributed by atoms with Gasteiger partial charge in [0.05, 0.1) is 0 Å². The van der Waals surface area contributed by atoms with Gasteiger partial charge in [0.1, 0.15) is 0 Å². The predicted octanol–water partition coefficient (Wildman–Crippen LogP) is -11.7. The molecule has 0 aromatic rings. The topological polar surface area (TPSA) is 280 Å². The van der Waals surface area contributed by atoms with Gasteiger partial charge in [-0.25, -0.2) is 6.29 Å². The molecule has 14 nitrogen and oxygen atoms in total. The van der Waals surface area contributed by atoms with Crippen molar-refractivity contribution in [3.05, 3.63) is 0 Å². The van der Waals surface area contributed by atoms with E-state index in [0.29, 0.717) is 0 Å². The SMILES string of the molecule is CC(O)[C-]=O.OB(O)O.OB(O)O.OB(O)O.OB(O)O.[Li+]. The van der Waals surface area contributed by atoms with Crippen molar-refractivity contribution in [2.75, 3.05) is 0 Å². The minimum Gasteiger partial charge on any atom is -0.539 e. The summed E-state index contributed by atoms with van der Waals surface area (Å²) in [6, 6.07) is 0. The normalized spacial score (nSPS) is 8.09. The summed E-state index contributed by atoms with van der Waals surface area (Å²) in [6.45, 7) is 1.35. The zero-order valence-corrected chi connectivity index (χ0v) is 11.6. The summed E-state index contributed by atoms with van der Waals surface area (Å²) in [4.78, 5) is 9.13. The van der Waals surface area contributed by atoms with E-state index in [1.807, 2.05) is 0 Å². The number of carbonyl (C=O) groups excluding carboxylic acids is 1. The summed E-state index contributed by atoms with van der Waals surface area (Å²) in [6.07, 6.45) is 0.412. The predicted molar refractivity (Wildman–Crippen MR) is 67.0 cm³/mol. The number of rotatable bonds is 1. The molecule has 0 aliphatic rings. The van der Waals surface area contributed by atoms with Gasteiger partial charge in [-0.15, -0.1) is 0 Å². The molecule has 0 aliphatic heterocycles. The van der Waals surface area contributed by atoms with Crippen molar-refractivity contribution in [1.29, 1.82) is 0 Å². The average Bonchev–Trinajstić information content (AvgIpc) is 2.13. The van der Waals surface area contributed by atoms with Gasteiger partial charge >= 0.3 is 48.1 Å². The van der Waals surface area contributed by atoms with Crippen LogP contribution in [0, 0.1) is 0 Å².